The van der Waals surface area contributed by atoms with Crippen LogP contribution in [0, 0.1) is 13.8 Å². The average molecular weight is 349 g/mol. The first-order chi connectivity index (χ1) is 10.6. The first-order valence-corrected chi connectivity index (χ1v) is 8.28. The minimum atomic E-state index is 1.19. The van der Waals surface area contributed by atoms with E-state index < -0.39 is 0 Å². The first-order valence-electron chi connectivity index (χ1n) is 7.42. The molecule has 0 saturated heterocycles. The molecule has 1 radical (unpaired) electrons. The van der Waals surface area contributed by atoms with Gasteiger partial charge in [-0.3, -0.25) is 0 Å². The van der Waals surface area contributed by atoms with Crippen LogP contribution in [0.3, 0.4) is 0 Å². The summed E-state index contributed by atoms with van der Waals surface area (Å²) in [6, 6.07) is 19.6. The van der Waals surface area contributed by atoms with Gasteiger partial charge in [-0.05, 0) is 0 Å². The van der Waals surface area contributed by atoms with E-state index >= 15 is 0 Å². The van der Waals surface area contributed by atoms with Gasteiger partial charge in [-0.15, -0.1) is 0 Å². The fourth-order valence-corrected chi connectivity index (χ4v) is 3.88. The van der Waals surface area contributed by atoms with Crippen LogP contribution in [0.1, 0.15) is 11.1 Å². The number of aryl methyl sites for hydroxylation is 2. The molecule has 0 unspecified atom stereocenters. The predicted octanol–water partition coefficient (Wildman–Crippen LogP) is 4.40. The normalized spacial score (nSPS) is 11.4. The number of hydrogen-bond acceptors (Lipinski definition) is 0. The molecule has 0 aliphatic carbocycles. The molecular weight excluding hydrogens is 333 g/mol. The Bertz CT molecular complexity index is 991. The van der Waals surface area contributed by atoms with Crippen molar-refractivity contribution >= 4 is 42.3 Å². The molecule has 0 spiro atoms. The van der Waals surface area contributed by atoms with Crippen LogP contribution in [-0.2, 0) is 0 Å². The van der Waals surface area contributed by atoms with E-state index in [-0.39, 0.29) is 0 Å². The van der Waals surface area contributed by atoms with Crippen LogP contribution in [-0.4, -0.2) is 21.0 Å². The van der Waals surface area contributed by atoms with Crippen LogP contribution in [0.25, 0.3) is 32.9 Å². The summed E-state index contributed by atoms with van der Waals surface area (Å²) >= 11 is 3.20. The maximum absolute atomic E-state index is 3.60. The zero-order chi connectivity index (χ0) is 15.3. The third-order valence-electron chi connectivity index (χ3n) is 4.16. The van der Waals surface area contributed by atoms with Gasteiger partial charge in [0.05, 0.1) is 0 Å². The number of H-pyrrole nitrogens is 1. The second-order valence-electron chi connectivity index (χ2n) is 5.91. The summed E-state index contributed by atoms with van der Waals surface area (Å²) in [6.07, 6.45) is 0. The summed E-state index contributed by atoms with van der Waals surface area (Å²) in [6.45, 7) is 4.31. The fraction of sp³-hybridized carbons (Fsp3) is 0.100. The number of aromatic amines is 1. The van der Waals surface area contributed by atoms with E-state index in [1.165, 1.54) is 48.5 Å². The second kappa shape index (κ2) is 5.01. The zero-order valence-electron chi connectivity index (χ0n) is 12.6. The molecule has 1 nitrogen and oxygen atoms in total. The SMILES string of the molecule is Cc1cc(C)cc(-c2ccc([Se])c3c2[nH]c2ccccc23)c1. The Morgan fingerprint density at radius 3 is 2.36 bits per heavy atom. The van der Waals surface area contributed by atoms with Gasteiger partial charge in [0.25, 0.3) is 0 Å². The number of fused-ring (bicyclic) bond motifs is 3. The van der Waals surface area contributed by atoms with E-state index in [0.717, 1.165) is 0 Å². The number of para-hydroxylation sites is 1. The molecule has 2 heteroatoms. The summed E-state index contributed by atoms with van der Waals surface area (Å²) in [5.74, 6) is 0. The summed E-state index contributed by atoms with van der Waals surface area (Å²) < 4.78 is 1.19. The third-order valence-corrected chi connectivity index (χ3v) is 4.87. The van der Waals surface area contributed by atoms with Crippen molar-refractivity contribution in [2.24, 2.45) is 0 Å². The first kappa shape index (κ1) is 13.6. The summed E-state index contributed by atoms with van der Waals surface area (Å²) in [7, 11) is 0. The molecule has 22 heavy (non-hydrogen) atoms. The Hall–Kier alpha value is -2.02. The van der Waals surface area contributed by atoms with E-state index in [0.29, 0.717) is 0 Å². The van der Waals surface area contributed by atoms with Crippen LogP contribution in [0.15, 0.2) is 54.6 Å². The van der Waals surface area contributed by atoms with Crippen molar-refractivity contribution in [3.05, 3.63) is 65.7 Å². The molecule has 1 N–H and O–H groups in total. The molecule has 1 aromatic heterocycles. The molecule has 4 rings (SSSR count). The molecule has 0 atom stereocenters. The van der Waals surface area contributed by atoms with Gasteiger partial charge in [0.1, 0.15) is 0 Å². The van der Waals surface area contributed by atoms with Gasteiger partial charge in [-0.2, -0.15) is 0 Å². The molecule has 4 aromatic rings. The van der Waals surface area contributed by atoms with Crippen molar-refractivity contribution in [3.63, 3.8) is 0 Å². The van der Waals surface area contributed by atoms with Crippen LogP contribution in [0.4, 0.5) is 0 Å². The van der Waals surface area contributed by atoms with Crippen molar-refractivity contribution in [1.29, 1.82) is 0 Å². The van der Waals surface area contributed by atoms with Crippen molar-refractivity contribution in [2.75, 3.05) is 0 Å². The van der Waals surface area contributed by atoms with E-state index in [1.807, 2.05) is 0 Å². The van der Waals surface area contributed by atoms with Crippen LogP contribution in [0.5, 0.6) is 0 Å². The molecule has 0 aliphatic heterocycles. The van der Waals surface area contributed by atoms with E-state index in [9.17, 15) is 0 Å². The van der Waals surface area contributed by atoms with Gasteiger partial charge >= 0.3 is 138 Å². The summed E-state index contributed by atoms with van der Waals surface area (Å²) in [5.41, 5.74) is 7.53. The minimum absolute atomic E-state index is 1.19. The molecule has 1 heterocycles. The van der Waals surface area contributed by atoms with Gasteiger partial charge in [0, 0.05) is 0 Å². The van der Waals surface area contributed by atoms with Gasteiger partial charge < -0.3 is 0 Å². The van der Waals surface area contributed by atoms with Crippen LogP contribution in [0.2, 0.25) is 0 Å². The fourth-order valence-electron chi connectivity index (χ4n) is 3.30. The zero-order valence-corrected chi connectivity index (χ0v) is 14.3. The number of nitrogens with one attached hydrogen (secondary N) is 1. The van der Waals surface area contributed by atoms with E-state index in [2.05, 4.69) is 89.4 Å². The number of rotatable bonds is 1. The van der Waals surface area contributed by atoms with Crippen LogP contribution >= 0.6 is 0 Å². The van der Waals surface area contributed by atoms with Crippen molar-refractivity contribution in [3.8, 4) is 11.1 Å². The molecule has 3 aromatic carbocycles. The predicted molar refractivity (Wildman–Crippen MR) is 96.1 cm³/mol. The van der Waals surface area contributed by atoms with Crippen LogP contribution < -0.4 is 4.46 Å². The second-order valence-corrected chi connectivity index (χ2v) is 6.83. The molecule has 0 fully saturated rings. The maximum atomic E-state index is 3.60. The Labute approximate surface area is 138 Å². The Morgan fingerprint density at radius 2 is 1.59 bits per heavy atom. The number of hydrogen-bond donors (Lipinski definition) is 1. The monoisotopic (exact) mass is 350 g/mol. The van der Waals surface area contributed by atoms with E-state index in [4.69, 9.17) is 0 Å². The standard InChI is InChI=1S/C20H16NSe/c1-12-9-13(2)11-14(10-12)15-7-8-18(22)19-16-5-3-4-6-17(16)21-20(15)19/h3-11,21H,1-2H3. The number of aromatic nitrogens is 1. The Balaban J connectivity index is 2.13. The number of benzene rings is 3. The van der Waals surface area contributed by atoms with Gasteiger partial charge in [0.15, 0.2) is 0 Å². The van der Waals surface area contributed by atoms with Gasteiger partial charge in [-0.1, -0.05) is 0 Å². The molecule has 107 valence electrons. The summed E-state index contributed by atoms with van der Waals surface area (Å²) in [5, 5.41) is 2.56. The quantitative estimate of drug-likeness (QED) is 0.490. The van der Waals surface area contributed by atoms with E-state index in [1.54, 1.807) is 0 Å². The van der Waals surface area contributed by atoms with Gasteiger partial charge in [-0.25, -0.2) is 0 Å². The Kier molecular flexibility index (Phi) is 3.11. The molecular formula is C20H16NSe. The molecule has 0 aliphatic rings. The van der Waals surface area contributed by atoms with Crippen molar-refractivity contribution in [1.82, 2.24) is 4.98 Å². The molecule has 0 amide bonds. The molecule has 0 bridgehead atoms. The Morgan fingerprint density at radius 1 is 0.864 bits per heavy atom. The van der Waals surface area contributed by atoms with Crippen molar-refractivity contribution < 1.29 is 0 Å². The molecule has 0 saturated carbocycles. The van der Waals surface area contributed by atoms with Crippen molar-refractivity contribution in [2.45, 2.75) is 13.8 Å². The average Bonchev–Trinajstić information content (AvgIpc) is 2.86. The third kappa shape index (κ3) is 2.08. The summed E-state index contributed by atoms with van der Waals surface area (Å²) in [4.78, 5) is 3.60. The van der Waals surface area contributed by atoms with Gasteiger partial charge in [0.2, 0.25) is 0 Å². The topological polar surface area (TPSA) is 15.8 Å².